The van der Waals surface area contributed by atoms with Crippen molar-refractivity contribution < 1.29 is 9.53 Å². The number of pyridine rings is 1. The molecule has 1 rings (SSSR count). The Balaban J connectivity index is 2.31. The molecule has 17 heavy (non-hydrogen) atoms. The Morgan fingerprint density at radius 3 is 2.76 bits per heavy atom. The molecule has 0 aromatic carbocycles. The number of amides is 1. The predicted octanol–water partition coefficient (Wildman–Crippen LogP) is 2.14. The van der Waals surface area contributed by atoms with Gasteiger partial charge >= 0.3 is 0 Å². The van der Waals surface area contributed by atoms with Crippen molar-refractivity contribution in [2.45, 2.75) is 33.2 Å². The zero-order chi connectivity index (χ0) is 12.7. The summed E-state index contributed by atoms with van der Waals surface area (Å²) in [5.41, 5.74) is 0.976. The lowest BCUT2D eigenvalue weighted by atomic mass is 10.1. The lowest BCUT2D eigenvalue weighted by Crippen LogP contribution is -2.22. The first-order valence-corrected chi connectivity index (χ1v) is 5.87. The molecule has 1 aromatic heterocycles. The number of methoxy groups -OCH3 is 1. The number of ether oxygens (including phenoxy) is 1. The zero-order valence-electron chi connectivity index (χ0n) is 10.7. The predicted molar refractivity (Wildman–Crippen MR) is 66.7 cm³/mol. The third-order valence-electron chi connectivity index (χ3n) is 2.45. The van der Waals surface area contributed by atoms with E-state index in [1.165, 1.54) is 0 Å². The van der Waals surface area contributed by atoms with Crippen LogP contribution in [-0.4, -0.2) is 18.0 Å². The maximum Gasteiger partial charge on any atom is 0.220 e. The summed E-state index contributed by atoms with van der Waals surface area (Å²) in [6.07, 6.45) is 3.22. The average Bonchev–Trinajstić information content (AvgIpc) is 2.34. The van der Waals surface area contributed by atoms with Crippen molar-refractivity contribution in [2.24, 2.45) is 5.92 Å². The van der Waals surface area contributed by atoms with Crippen LogP contribution in [0.3, 0.4) is 0 Å². The Hall–Kier alpha value is -1.58. The molecule has 4 heteroatoms. The Kier molecular flexibility index (Phi) is 5.46. The number of rotatable bonds is 6. The molecule has 0 aliphatic heterocycles. The molecular weight excluding hydrogens is 216 g/mol. The van der Waals surface area contributed by atoms with Gasteiger partial charge in [0.1, 0.15) is 0 Å². The smallest absolute Gasteiger partial charge is 0.220 e. The van der Waals surface area contributed by atoms with E-state index in [1.54, 1.807) is 19.4 Å². The average molecular weight is 236 g/mol. The maximum atomic E-state index is 11.5. The van der Waals surface area contributed by atoms with E-state index in [0.717, 1.165) is 12.0 Å². The van der Waals surface area contributed by atoms with E-state index in [9.17, 15) is 4.79 Å². The number of aromatic nitrogens is 1. The van der Waals surface area contributed by atoms with Crippen molar-refractivity contribution in [1.82, 2.24) is 10.3 Å². The molecule has 1 heterocycles. The van der Waals surface area contributed by atoms with E-state index >= 15 is 0 Å². The monoisotopic (exact) mass is 236 g/mol. The van der Waals surface area contributed by atoms with Gasteiger partial charge < -0.3 is 10.1 Å². The minimum absolute atomic E-state index is 0.0921. The fraction of sp³-hybridized carbons (Fsp3) is 0.538. The van der Waals surface area contributed by atoms with E-state index in [4.69, 9.17) is 4.74 Å². The third-order valence-corrected chi connectivity index (χ3v) is 2.45. The van der Waals surface area contributed by atoms with Crippen LogP contribution in [-0.2, 0) is 11.3 Å². The molecule has 0 aliphatic rings. The Labute approximate surface area is 102 Å². The fourth-order valence-corrected chi connectivity index (χ4v) is 1.35. The third kappa shape index (κ3) is 5.33. The lowest BCUT2D eigenvalue weighted by Gasteiger charge is -2.07. The van der Waals surface area contributed by atoms with Gasteiger partial charge in [0.05, 0.1) is 7.11 Å². The summed E-state index contributed by atoms with van der Waals surface area (Å²) < 4.78 is 4.96. The first-order chi connectivity index (χ1) is 8.11. The number of carbonyl (C=O) groups is 1. The number of hydrogen-bond donors (Lipinski definition) is 1. The van der Waals surface area contributed by atoms with Crippen LogP contribution in [0.15, 0.2) is 18.3 Å². The van der Waals surface area contributed by atoms with Crippen LogP contribution in [0.25, 0.3) is 0 Å². The van der Waals surface area contributed by atoms with Gasteiger partial charge in [0.2, 0.25) is 11.8 Å². The van der Waals surface area contributed by atoms with Crippen molar-refractivity contribution in [3.63, 3.8) is 0 Å². The fourth-order valence-electron chi connectivity index (χ4n) is 1.35. The van der Waals surface area contributed by atoms with Crippen LogP contribution >= 0.6 is 0 Å². The molecule has 0 radical (unpaired) electrons. The van der Waals surface area contributed by atoms with Gasteiger partial charge in [-0.15, -0.1) is 0 Å². The van der Waals surface area contributed by atoms with Gasteiger partial charge in [-0.1, -0.05) is 19.9 Å². The van der Waals surface area contributed by atoms with Gasteiger partial charge in [0.25, 0.3) is 0 Å². The van der Waals surface area contributed by atoms with E-state index < -0.39 is 0 Å². The van der Waals surface area contributed by atoms with Crippen LogP contribution in [0.2, 0.25) is 0 Å². The first kappa shape index (κ1) is 13.5. The Morgan fingerprint density at radius 2 is 2.24 bits per heavy atom. The van der Waals surface area contributed by atoms with Crippen molar-refractivity contribution in [3.8, 4) is 5.88 Å². The van der Waals surface area contributed by atoms with Gasteiger partial charge in [0.15, 0.2) is 0 Å². The van der Waals surface area contributed by atoms with Crippen LogP contribution in [0.4, 0.5) is 0 Å². The van der Waals surface area contributed by atoms with Crippen LogP contribution < -0.4 is 10.1 Å². The highest BCUT2D eigenvalue weighted by atomic mass is 16.5. The van der Waals surface area contributed by atoms with E-state index in [2.05, 4.69) is 24.1 Å². The van der Waals surface area contributed by atoms with Gasteiger partial charge in [-0.25, -0.2) is 4.98 Å². The summed E-state index contributed by atoms with van der Waals surface area (Å²) in [4.78, 5) is 15.6. The van der Waals surface area contributed by atoms with E-state index in [1.807, 2.05) is 6.07 Å². The quantitative estimate of drug-likeness (QED) is 0.823. The molecule has 1 amide bonds. The highest BCUT2D eigenvalue weighted by Gasteiger charge is 2.03. The highest BCUT2D eigenvalue weighted by Crippen LogP contribution is 2.07. The number of nitrogens with one attached hydrogen (secondary N) is 1. The molecule has 0 saturated heterocycles. The molecule has 4 nitrogen and oxygen atoms in total. The molecule has 0 unspecified atom stereocenters. The lowest BCUT2D eigenvalue weighted by molar-refractivity contribution is -0.121. The first-order valence-electron chi connectivity index (χ1n) is 5.87. The van der Waals surface area contributed by atoms with Crippen molar-refractivity contribution in [3.05, 3.63) is 23.9 Å². The van der Waals surface area contributed by atoms with Crippen LogP contribution in [0.1, 0.15) is 32.3 Å². The SMILES string of the molecule is COc1ccc(CNC(=O)CCC(C)C)cn1. The minimum atomic E-state index is 0.0921. The summed E-state index contributed by atoms with van der Waals surface area (Å²) in [6, 6.07) is 3.68. The molecule has 0 atom stereocenters. The summed E-state index contributed by atoms with van der Waals surface area (Å²) in [6.45, 7) is 4.75. The molecule has 0 bridgehead atoms. The van der Waals surface area contributed by atoms with Crippen molar-refractivity contribution in [2.75, 3.05) is 7.11 Å². The molecule has 1 aromatic rings. The molecule has 0 fully saturated rings. The van der Waals surface area contributed by atoms with Gasteiger partial charge in [-0.2, -0.15) is 0 Å². The maximum absolute atomic E-state index is 11.5. The van der Waals surface area contributed by atoms with E-state index in [-0.39, 0.29) is 5.91 Å². The van der Waals surface area contributed by atoms with Crippen LogP contribution in [0, 0.1) is 5.92 Å². The molecule has 0 spiro atoms. The number of carbonyl (C=O) groups excluding carboxylic acids is 1. The Morgan fingerprint density at radius 1 is 1.47 bits per heavy atom. The molecular formula is C13H20N2O2. The largest absolute Gasteiger partial charge is 0.481 e. The summed E-state index contributed by atoms with van der Waals surface area (Å²) >= 11 is 0. The minimum Gasteiger partial charge on any atom is -0.481 e. The summed E-state index contributed by atoms with van der Waals surface area (Å²) in [5, 5.41) is 2.87. The van der Waals surface area contributed by atoms with Crippen molar-refractivity contribution in [1.29, 1.82) is 0 Å². The second kappa shape index (κ2) is 6.89. The van der Waals surface area contributed by atoms with Crippen molar-refractivity contribution >= 4 is 5.91 Å². The normalized spacial score (nSPS) is 10.4. The summed E-state index contributed by atoms with van der Waals surface area (Å²) in [5.74, 6) is 1.23. The molecule has 0 saturated carbocycles. The van der Waals surface area contributed by atoms with Gasteiger partial charge in [0, 0.05) is 25.2 Å². The summed E-state index contributed by atoms with van der Waals surface area (Å²) in [7, 11) is 1.58. The van der Waals surface area contributed by atoms with E-state index in [0.29, 0.717) is 24.8 Å². The van der Waals surface area contributed by atoms with Gasteiger partial charge in [-0.3, -0.25) is 4.79 Å². The second-order valence-electron chi connectivity index (χ2n) is 4.42. The molecule has 0 aliphatic carbocycles. The molecule has 1 N–H and O–H groups in total. The van der Waals surface area contributed by atoms with Crippen LogP contribution in [0.5, 0.6) is 5.88 Å². The highest BCUT2D eigenvalue weighted by molar-refractivity contribution is 5.75. The number of hydrogen-bond acceptors (Lipinski definition) is 3. The molecule has 94 valence electrons. The Bertz CT molecular complexity index is 347. The number of nitrogens with zero attached hydrogens (tertiary/aromatic N) is 1. The van der Waals surface area contributed by atoms with Gasteiger partial charge in [-0.05, 0) is 17.9 Å². The zero-order valence-corrected chi connectivity index (χ0v) is 10.7. The standard InChI is InChI=1S/C13H20N2O2/c1-10(2)4-6-12(16)14-8-11-5-7-13(17-3)15-9-11/h5,7,9-10H,4,6,8H2,1-3H3,(H,14,16). The topological polar surface area (TPSA) is 51.2 Å². The second-order valence-corrected chi connectivity index (χ2v) is 4.42.